The van der Waals surface area contributed by atoms with E-state index in [1.807, 2.05) is 58.1 Å². The van der Waals surface area contributed by atoms with Gasteiger partial charge in [0.1, 0.15) is 16.5 Å². The summed E-state index contributed by atoms with van der Waals surface area (Å²) in [6.07, 6.45) is 1.95. The van der Waals surface area contributed by atoms with E-state index in [1.54, 1.807) is 11.3 Å². The van der Waals surface area contributed by atoms with Gasteiger partial charge in [0, 0.05) is 18.5 Å². The second-order valence-electron chi connectivity index (χ2n) is 6.37. The monoisotopic (exact) mass is 384 g/mol. The molecule has 4 rings (SSSR count). The van der Waals surface area contributed by atoms with Crippen LogP contribution < -0.4 is 4.74 Å². The van der Waals surface area contributed by atoms with E-state index in [0.717, 1.165) is 41.6 Å². The van der Waals surface area contributed by atoms with Crippen LogP contribution in [0.25, 0.3) is 9.88 Å². The fraction of sp³-hybridized carbons (Fsp3) is 0.300. The van der Waals surface area contributed by atoms with Crippen molar-refractivity contribution in [1.82, 2.24) is 9.88 Å². The van der Waals surface area contributed by atoms with Crippen LogP contribution in [-0.2, 0) is 0 Å². The molecule has 6 heteroatoms. The Bertz CT molecular complexity index is 838. The number of nitrogens with zero attached hydrogens (tertiary/aromatic N) is 2. The van der Waals surface area contributed by atoms with Gasteiger partial charge in [-0.2, -0.15) is 0 Å². The lowest BCUT2D eigenvalue weighted by Crippen LogP contribution is -2.39. The molecule has 1 aliphatic heterocycles. The molecule has 0 N–H and O–H groups in total. The van der Waals surface area contributed by atoms with Gasteiger partial charge >= 0.3 is 0 Å². The summed E-state index contributed by atoms with van der Waals surface area (Å²) in [5.74, 6) is 1.46. The van der Waals surface area contributed by atoms with Crippen molar-refractivity contribution < 1.29 is 9.53 Å². The van der Waals surface area contributed by atoms with Crippen LogP contribution >= 0.6 is 22.7 Å². The van der Waals surface area contributed by atoms with E-state index >= 15 is 0 Å². The van der Waals surface area contributed by atoms with Crippen LogP contribution in [-0.4, -0.2) is 35.5 Å². The molecule has 0 spiro atoms. The number of ether oxygens (including phenoxy) is 1. The smallest absolute Gasteiger partial charge is 0.273 e. The highest BCUT2D eigenvalue weighted by molar-refractivity contribution is 7.20. The predicted molar refractivity (Wildman–Crippen MR) is 106 cm³/mol. The van der Waals surface area contributed by atoms with Gasteiger partial charge in [0.15, 0.2) is 0 Å². The standard InChI is InChI=1S/C20H20N2O2S2/c23-20(17-14-26-19(21-17)18-7-4-12-25-18)22-10-8-15(9-11-22)13-24-16-5-2-1-3-6-16/h1-7,12,14-15H,8-11,13H2. The summed E-state index contributed by atoms with van der Waals surface area (Å²) in [6.45, 7) is 2.26. The highest BCUT2D eigenvalue weighted by atomic mass is 32.1. The fourth-order valence-corrected chi connectivity index (χ4v) is 4.69. The number of rotatable bonds is 5. The Labute approximate surface area is 161 Å². The molecule has 4 nitrogen and oxygen atoms in total. The van der Waals surface area contributed by atoms with Gasteiger partial charge in [-0.15, -0.1) is 22.7 Å². The lowest BCUT2D eigenvalue weighted by atomic mass is 9.97. The molecule has 1 aliphatic rings. The first-order valence-electron chi connectivity index (χ1n) is 8.76. The third-order valence-corrected chi connectivity index (χ3v) is 6.47. The number of carbonyl (C=O) groups is 1. The van der Waals surface area contributed by atoms with Crippen molar-refractivity contribution in [2.45, 2.75) is 12.8 Å². The molecule has 26 heavy (non-hydrogen) atoms. The first kappa shape index (κ1) is 17.2. The molecule has 1 saturated heterocycles. The summed E-state index contributed by atoms with van der Waals surface area (Å²) in [6, 6.07) is 13.9. The number of para-hydroxylation sites is 1. The Kier molecular flexibility index (Phi) is 5.32. The molecule has 0 saturated carbocycles. The minimum Gasteiger partial charge on any atom is -0.493 e. The molecule has 2 aromatic heterocycles. The Morgan fingerprint density at radius 1 is 1.12 bits per heavy atom. The zero-order valence-electron chi connectivity index (χ0n) is 14.3. The molecule has 0 atom stereocenters. The average Bonchev–Trinajstić information content (AvgIpc) is 3.38. The normalized spacial score (nSPS) is 15.2. The van der Waals surface area contributed by atoms with E-state index in [-0.39, 0.29) is 5.91 Å². The summed E-state index contributed by atoms with van der Waals surface area (Å²) in [5, 5.41) is 4.83. The van der Waals surface area contributed by atoms with Crippen molar-refractivity contribution >= 4 is 28.6 Å². The third kappa shape index (κ3) is 3.97. The van der Waals surface area contributed by atoms with E-state index in [4.69, 9.17) is 4.74 Å². The van der Waals surface area contributed by atoms with Gasteiger partial charge in [0.25, 0.3) is 5.91 Å². The molecule has 0 unspecified atom stereocenters. The lowest BCUT2D eigenvalue weighted by Gasteiger charge is -2.31. The van der Waals surface area contributed by atoms with E-state index in [0.29, 0.717) is 18.2 Å². The largest absolute Gasteiger partial charge is 0.493 e. The maximum Gasteiger partial charge on any atom is 0.273 e. The fourth-order valence-electron chi connectivity index (χ4n) is 3.08. The Hall–Kier alpha value is -2.18. The zero-order valence-corrected chi connectivity index (χ0v) is 16.0. The summed E-state index contributed by atoms with van der Waals surface area (Å²) < 4.78 is 5.86. The minimum atomic E-state index is 0.0477. The van der Waals surface area contributed by atoms with Gasteiger partial charge in [-0.1, -0.05) is 24.3 Å². The van der Waals surface area contributed by atoms with Gasteiger partial charge < -0.3 is 9.64 Å². The van der Waals surface area contributed by atoms with Gasteiger partial charge in [-0.3, -0.25) is 4.79 Å². The predicted octanol–water partition coefficient (Wildman–Crippen LogP) is 4.80. The van der Waals surface area contributed by atoms with Crippen molar-refractivity contribution in [1.29, 1.82) is 0 Å². The van der Waals surface area contributed by atoms with Crippen LogP contribution in [0.4, 0.5) is 0 Å². The van der Waals surface area contributed by atoms with Crippen molar-refractivity contribution in [3.05, 3.63) is 58.9 Å². The highest BCUT2D eigenvalue weighted by Gasteiger charge is 2.25. The molecule has 1 fully saturated rings. The van der Waals surface area contributed by atoms with Crippen LogP contribution in [0, 0.1) is 5.92 Å². The van der Waals surface area contributed by atoms with E-state index < -0.39 is 0 Å². The van der Waals surface area contributed by atoms with Gasteiger partial charge in [0.05, 0.1) is 11.5 Å². The molecule has 0 bridgehead atoms. The summed E-state index contributed by atoms with van der Waals surface area (Å²) in [4.78, 5) is 20.3. The van der Waals surface area contributed by atoms with E-state index in [2.05, 4.69) is 4.98 Å². The van der Waals surface area contributed by atoms with Gasteiger partial charge in [-0.05, 0) is 42.3 Å². The molecule has 3 heterocycles. The van der Waals surface area contributed by atoms with Crippen LogP contribution in [0.2, 0.25) is 0 Å². The number of thiazole rings is 1. The summed E-state index contributed by atoms with van der Waals surface area (Å²) in [7, 11) is 0. The molecule has 0 radical (unpaired) electrons. The lowest BCUT2D eigenvalue weighted by molar-refractivity contribution is 0.0656. The number of hydrogen-bond acceptors (Lipinski definition) is 5. The number of aromatic nitrogens is 1. The van der Waals surface area contributed by atoms with Crippen LogP contribution in [0.15, 0.2) is 53.2 Å². The summed E-state index contributed by atoms with van der Waals surface area (Å²) >= 11 is 3.19. The number of thiophene rings is 1. The molecule has 1 amide bonds. The number of benzene rings is 1. The summed E-state index contributed by atoms with van der Waals surface area (Å²) in [5.41, 5.74) is 0.567. The van der Waals surface area contributed by atoms with Crippen molar-refractivity contribution in [2.75, 3.05) is 19.7 Å². The van der Waals surface area contributed by atoms with Crippen molar-refractivity contribution in [2.24, 2.45) is 5.92 Å². The maximum atomic E-state index is 12.7. The molecule has 0 aliphatic carbocycles. The minimum absolute atomic E-state index is 0.0477. The number of amides is 1. The molecule has 1 aromatic carbocycles. The van der Waals surface area contributed by atoms with Crippen molar-refractivity contribution in [3.63, 3.8) is 0 Å². The van der Waals surface area contributed by atoms with E-state index in [9.17, 15) is 4.79 Å². The Morgan fingerprint density at radius 3 is 2.65 bits per heavy atom. The number of likely N-dealkylation sites (tertiary alicyclic amines) is 1. The second kappa shape index (κ2) is 8.01. The molecule has 3 aromatic rings. The first-order chi connectivity index (χ1) is 12.8. The second-order valence-corrected chi connectivity index (χ2v) is 8.18. The zero-order chi connectivity index (χ0) is 17.8. The number of carbonyl (C=O) groups excluding carboxylic acids is 1. The average molecular weight is 385 g/mol. The number of piperidine rings is 1. The van der Waals surface area contributed by atoms with Gasteiger partial charge in [0.2, 0.25) is 0 Å². The quantitative estimate of drug-likeness (QED) is 0.634. The molecule has 134 valence electrons. The Morgan fingerprint density at radius 2 is 1.92 bits per heavy atom. The first-order valence-corrected chi connectivity index (χ1v) is 10.5. The third-order valence-electron chi connectivity index (χ3n) is 4.59. The highest BCUT2D eigenvalue weighted by Crippen LogP contribution is 2.29. The van der Waals surface area contributed by atoms with Crippen LogP contribution in [0.5, 0.6) is 5.75 Å². The Balaban J connectivity index is 1.29. The number of hydrogen-bond donors (Lipinski definition) is 0. The van der Waals surface area contributed by atoms with Crippen LogP contribution in [0.1, 0.15) is 23.3 Å². The van der Waals surface area contributed by atoms with Gasteiger partial charge in [-0.25, -0.2) is 4.98 Å². The van der Waals surface area contributed by atoms with Crippen molar-refractivity contribution in [3.8, 4) is 15.6 Å². The maximum absolute atomic E-state index is 12.7. The van der Waals surface area contributed by atoms with Crippen LogP contribution in [0.3, 0.4) is 0 Å². The topological polar surface area (TPSA) is 42.4 Å². The van der Waals surface area contributed by atoms with E-state index in [1.165, 1.54) is 11.3 Å². The molecular formula is C20H20N2O2S2. The SMILES string of the molecule is O=C(c1csc(-c2cccs2)n1)N1CCC(COc2ccccc2)CC1. The molecular weight excluding hydrogens is 364 g/mol.